The highest BCUT2D eigenvalue weighted by molar-refractivity contribution is 5.69. The van der Waals surface area contributed by atoms with E-state index in [2.05, 4.69) is 22.9 Å². The summed E-state index contributed by atoms with van der Waals surface area (Å²) in [6, 6.07) is -0.833. The van der Waals surface area contributed by atoms with Crippen molar-refractivity contribution >= 4 is 6.03 Å². The lowest BCUT2D eigenvalue weighted by atomic mass is 11.2. The third-order valence-electron chi connectivity index (χ3n) is 0. The second-order valence-corrected chi connectivity index (χ2v) is 0.638. The Morgan fingerprint density at radius 3 is 1.29 bits per heavy atom. The minimum absolute atomic E-state index is 0.250. The number of hydrogen-bond donors (Lipinski definition) is 4. The number of nitrogens with two attached hydrogens (primary N) is 4. The maximum atomic E-state index is 9.00. The molecule has 8 N–H and O–H groups in total. The number of urea groups is 1. The quantitative estimate of drug-likeness (QED) is 0.264. The maximum absolute atomic E-state index is 9.00. The smallest absolute Gasteiger partial charge is 0.309 e. The molecule has 0 bridgehead atoms. The minimum Gasteiger partial charge on any atom is -0.352 e. The normalized spacial score (nSPS) is 6.00. The lowest BCUT2D eigenvalue weighted by molar-refractivity contribution is 0.256. The molecule has 0 spiro atoms. The standard InChI is InChI=1S/CH4N2O.CH6N2/c2-1(3)4;2-1-3/h(H4,2,3,4);1-3H2. The van der Waals surface area contributed by atoms with Crippen molar-refractivity contribution in [1.29, 1.82) is 0 Å². The van der Waals surface area contributed by atoms with Crippen LogP contribution in [0.15, 0.2) is 0 Å². The predicted molar refractivity (Wildman–Crippen MR) is 27.0 cm³/mol. The molecule has 0 aromatic carbocycles. The summed E-state index contributed by atoms with van der Waals surface area (Å²) >= 11 is 0. The average Bonchev–Trinajstić information content (AvgIpc) is 1.33. The van der Waals surface area contributed by atoms with Crippen LogP contribution in [0.3, 0.4) is 0 Å². The summed E-state index contributed by atoms with van der Waals surface area (Å²) < 4.78 is 0. The Hall–Kier alpha value is -0.810. The van der Waals surface area contributed by atoms with Crippen molar-refractivity contribution in [2.75, 3.05) is 6.67 Å². The molecule has 0 aliphatic rings. The maximum Gasteiger partial charge on any atom is 0.309 e. The van der Waals surface area contributed by atoms with Crippen molar-refractivity contribution in [3.05, 3.63) is 0 Å². The van der Waals surface area contributed by atoms with Crippen LogP contribution in [-0.4, -0.2) is 12.7 Å². The van der Waals surface area contributed by atoms with Gasteiger partial charge in [0.15, 0.2) is 0 Å². The summed E-state index contributed by atoms with van der Waals surface area (Å²) in [6.07, 6.45) is 0. The molecule has 0 atom stereocenters. The van der Waals surface area contributed by atoms with Crippen LogP contribution in [0.2, 0.25) is 0 Å². The van der Waals surface area contributed by atoms with Gasteiger partial charge in [0.05, 0.1) is 0 Å². The van der Waals surface area contributed by atoms with E-state index in [0.717, 1.165) is 0 Å². The van der Waals surface area contributed by atoms with E-state index in [4.69, 9.17) is 4.79 Å². The Bertz CT molecular complexity index is 41.0. The summed E-state index contributed by atoms with van der Waals surface area (Å²) in [5, 5.41) is 0. The Balaban J connectivity index is 0. The average molecular weight is 106 g/mol. The van der Waals surface area contributed by atoms with Gasteiger partial charge >= 0.3 is 6.03 Å². The van der Waals surface area contributed by atoms with E-state index in [1.165, 1.54) is 0 Å². The fourth-order valence-corrected chi connectivity index (χ4v) is 0. The van der Waals surface area contributed by atoms with Crippen LogP contribution in [0.5, 0.6) is 0 Å². The first kappa shape index (κ1) is 9.50. The van der Waals surface area contributed by atoms with Crippen LogP contribution in [0.25, 0.3) is 0 Å². The molecule has 0 aliphatic heterocycles. The largest absolute Gasteiger partial charge is 0.352 e. The van der Waals surface area contributed by atoms with Crippen molar-refractivity contribution in [2.24, 2.45) is 22.9 Å². The van der Waals surface area contributed by atoms with Gasteiger partial charge in [-0.15, -0.1) is 0 Å². The zero-order valence-corrected chi connectivity index (χ0v) is 3.92. The highest BCUT2D eigenvalue weighted by atomic mass is 16.2. The van der Waals surface area contributed by atoms with Crippen molar-refractivity contribution < 1.29 is 4.79 Å². The summed E-state index contributed by atoms with van der Waals surface area (Å²) in [5.74, 6) is 0. The zero-order valence-electron chi connectivity index (χ0n) is 3.92. The van der Waals surface area contributed by atoms with E-state index in [0.29, 0.717) is 0 Å². The monoisotopic (exact) mass is 106 g/mol. The highest BCUT2D eigenvalue weighted by Crippen LogP contribution is 1.25. The van der Waals surface area contributed by atoms with E-state index < -0.39 is 6.03 Å². The van der Waals surface area contributed by atoms with E-state index in [1.807, 2.05) is 0 Å². The number of amides is 2. The minimum atomic E-state index is -0.833. The second-order valence-electron chi connectivity index (χ2n) is 0.638. The van der Waals surface area contributed by atoms with Crippen molar-refractivity contribution in [2.45, 2.75) is 0 Å². The number of carbonyl (C=O) groups is 1. The third kappa shape index (κ3) is 80.5. The van der Waals surface area contributed by atoms with Crippen molar-refractivity contribution in [3.8, 4) is 0 Å². The Labute approximate surface area is 41.6 Å². The van der Waals surface area contributed by atoms with Gasteiger partial charge < -0.3 is 22.9 Å². The number of primary amides is 2. The molecule has 0 aromatic rings. The molecule has 0 saturated heterocycles. The first-order chi connectivity index (χ1) is 3.15. The van der Waals surface area contributed by atoms with Crippen molar-refractivity contribution in [1.82, 2.24) is 0 Å². The van der Waals surface area contributed by atoms with Crippen LogP contribution in [0.4, 0.5) is 4.79 Å². The predicted octanol–water partition coefficient (Wildman–Crippen LogP) is -2.11. The SMILES string of the molecule is NC(N)=O.NCN. The molecule has 0 aromatic heterocycles. The van der Waals surface area contributed by atoms with Gasteiger partial charge in [0.1, 0.15) is 0 Å². The number of rotatable bonds is 0. The van der Waals surface area contributed by atoms with E-state index in [-0.39, 0.29) is 6.67 Å². The first-order valence-electron chi connectivity index (χ1n) is 1.60. The van der Waals surface area contributed by atoms with Crippen LogP contribution < -0.4 is 22.9 Å². The fourth-order valence-electron chi connectivity index (χ4n) is 0. The van der Waals surface area contributed by atoms with E-state index in [9.17, 15) is 0 Å². The molecular formula is C2H10N4O. The Kier molecular flexibility index (Phi) is 12.1. The molecule has 0 fully saturated rings. The van der Waals surface area contributed by atoms with Gasteiger partial charge in [0.2, 0.25) is 0 Å². The van der Waals surface area contributed by atoms with Crippen molar-refractivity contribution in [3.63, 3.8) is 0 Å². The highest BCUT2D eigenvalue weighted by Gasteiger charge is 1.60. The van der Waals surface area contributed by atoms with Crippen LogP contribution >= 0.6 is 0 Å². The summed E-state index contributed by atoms with van der Waals surface area (Å²) in [6.45, 7) is 0.250. The molecule has 7 heavy (non-hydrogen) atoms. The molecule has 44 valence electrons. The molecule has 0 saturated carbocycles. The lowest BCUT2D eigenvalue weighted by Gasteiger charge is -1.62. The Morgan fingerprint density at radius 2 is 1.29 bits per heavy atom. The summed E-state index contributed by atoms with van der Waals surface area (Å²) in [4.78, 5) is 9.00. The second kappa shape index (κ2) is 8.95. The van der Waals surface area contributed by atoms with Gasteiger partial charge in [-0.3, -0.25) is 0 Å². The van der Waals surface area contributed by atoms with E-state index >= 15 is 0 Å². The molecule has 2 amide bonds. The molecule has 0 heterocycles. The topological polar surface area (TPSA) is 121 Å². The Morgan fingerprint density at radius 1 is 1.29 bits per heavy atom. The van der Waals surface area contributed by atoms with Gasteiger partial charge in [-0.2, -0.15) is 0 Å². The third-order valence-corrected chi connectivity index (χ3v) is 0. The molecule has 0 rings (SSSR count). The molecule has 0 radical (unpaired) electrons. The van der Waals surface area contributed by atoms with Crippen LogP contribution in [0.1, 0.15) is 0 Å². The number of carbonyl (C=O) groups excluding carboxylic acids is 1. The summed E-state index contributed by atoms with van der Waals surface area (Å²) in [5.41, 5.74) is 17.8. The van der Waals surface area contributed by atoms with Gasteiger partial charge in [0, 0.05) is 6.67 Å². The molecule has 0 aliphatic carbocycles. The molecular weight excluding hydrogens is 96.0 g/mol. The summed E-state index contributed by atoms with van der Waals surface area (Å²) in [7, 11) is 0. The van der Waals surface area contributed by atoms with Crippen LogP contribution in [0, 0.1) is 0 Å². The van der Waals surface area contributed by atoms with Gasteiger partial charge in [0.25, 0.3) is 0 Å². The zero-order chi connectivity index (χ0) is 6.28. The van der Waals surface area contributed by atoms with E-state index in [1.54, 1.807) is 0 Å². The van der Waals surface area contributed by atoms with Gasteiger partial charge in [-0.1, -0.05) is 0 Å². The molecule has 0 unspecified atom stereocenters. The molecule has 5 heteroatoms. The van der Waals surface area contributed by atoms with Gasteiger partial charge in [-0.25, -0.2) is 4.79 Å². The lowest BCUT2D eigenvalue weighted by Crippen LogP contribution is -2.18. The number of hydrogen-bond acceptors (Lipinski definition) is 3. The first-order valence-corrected chi connectivity index (χ1v) is 1.60. The van der Waals surface area contributed by atoms with Crippen LogP contribution in [-0.2, 0) is 0 Å². The molecule has 5 nitrogen and oxygen atoms in total. The fraction of sp³-hybridized carbons (Fsp3) is 0.500. The van der Waals surface area contributed by atoms with Gasteiger partial charge in [-0.05, 0) is 0 Å².